The average molecular weight is 409 g/mol. The Morgan fingerprint density at radius 2 is 1.97 bits per heavy atom. The molecule has 0 spiro atoms. The highest BCUT2D eigenvalue weighted by atomic mass is 32.1. The van der Waals surface area contributed by atoms with Crippen LogP contribution in [0.15, 0.2) is 48.0 Å². The summed E-state index contributed by atoms with van der Waals surface area (Å²) in [6, 6.07) is 11.8. The van der Waals surface area contributed by atoms with Crippen molar-refractivity contribution in [3.63, 3.8) is 0 Å². The standard InChI is InChI=1S/C22H24N4O2S/c1-16-4-7-19(8-5-16)28-14-22-25-18(15-29-22)12-21(27)24-17-6-9-20(23-13-17)26-10-2-3-11-26/h4-9,13,15H,2-3,10-12,14H2,1H3,(H,24,27). The Hall–Kier alpha value is -2.93. The van der Waals surface area contributed by atoms with Gasteiger partial charge in [-0.25, -0.2) is 9.97 Å². The van der Waals surface area contributed by atoms with Crippen LogP contribution >= 0.6 is 11.3 Å². The molecule has 0 aliphatic carbocycles. The number of rotatable bonds is 7. The molecule has 3 aromatic rings. The number of aryl methyl sites for hydroxylation is 1. The van der Waals surface area contributed by atoms with Crippen molar-refractivity contribution in [1.29, 1.82) is 0 Å². The number of carbonyl (C=O) groups is 1. The molecule has 1 aromatic carbocycles. The van der Waals surface area contributed by atoms with Gasteiger partial charge in [0.2, 0.25) is 5.91 Å². The van der Waals surface area contributed by atoms with E-state index >= 15 is 0 Å². The number of hydrogen-bond donors (Lipinski definition) is 1. The summed E-state index contributed by atoms with van der Waals surface area (Å²) in [6.45, 7) is 4.55. The predicted molar refractivity (Wildman–Crippen MR) is 116 cm³/mol. The molecule has 7 heteroatoms. The Labute approximate surface area is 174 Å². The van der Waals surface area contributed by atoms with Crippen molar-refractivity contribution in [2.45, 2.75) is 32.8 Å². The average Bonchev–Trinajstić information content (AvgIpc) is 3.40. The number of hydrogen-bond acceptors (Lipinski definition) is 6. The van der Waals surface area contributed by atoms with Crippen LogP contribution in [0.5, 0.6) is 5.75 Å². The van der Waals surface area contributed by atoms with E-state index in [2.05, 4.69) is 20.2 Å². The van der Waals surface area contributed by atoms with Gasteiger partial charge in [-0.2, -0.15) is 0 Å². The van der Waals surface area contributed by atoms with Gasteiger partial charge in [0, 0.05) is 18.5 Å². The van der Waals surface area contributed by atoms with E-state index in [1.807, 2.05) is 48.7 Å². The van der Waals surface area contributed by atoms with Gasteiger partial charge < -0.3 is 15.0 Å². The lowest BCUT2D eigenvalue weighted by molar-refractivity contribution is -0.115. The van der Waals surface area contributed by atoms with E-state index < -0.39 is 0 Å². The second-order valence-electron chi connectivity index (χ2n) is 7.16. The predicted octanol–water partition coefficient (Wildman–Crippen LogP) is 4.21. The van der Waals surface area contributed by atoms with Crippen LogP contribution in [0.1, 0.15) is 29.1 Å². The van der Waals surface area contributed by atoms with Crippen LogP contribution in [-0.2, 0) is 17.8 Å². The number of nitrogens with one attached hydrogen (secondary N) is 1. The number of aromatic nitrogens is 2. The lowest BCUT2D eigenvalue weighted by Gasteiger charge is -2.16. The zero-order valence-corrected chi connectivity index (χ0v) is 17.2. The minimum atomic E-state index is -0.1000. The molecule has 150 valence electrons. The van der Waals surface area contributed by atoms with E-state index in [9.17, 15) is 4.79 Å². The van der Waals surface area contributed by atoms with Crippen molar-refractivity contribution in [1.82, 2.24) is 9.97 Å². The molecular weight excluding hydrogens is 384 g/mol. The summed E-state index contributed by atoms with van der Waals surface area (Å²) in [5.41, 5.74) is 2.65. The first-order chi connectivity index (χ1) is 14.2. The maximum Gasteiger partial charge on any atom is 0.230 e. The van der Waals surface area contributed by atoms with Crippen molar-refractivity contribution < 1.29 is 9.53 Å². The molecule has 29 heavy (non-hydrogen) atoms. The van der Waals surface area contributed by atoms with Gasteiger partial charge in [-0.1, -0.05) is 17.7 Å². The van der Waals surface area contributed by atoms with Gasteiger partial charge in [0.25, 0.3) is 0 Å². The summed E-state index contributed by atoms with van der Waals surface area (Å²) in [6.07, 6.45) is 4.38. The number of ether oxygens (including phenoxy) is 1. The normalized spacial score (nSPS) is 13.5. The van der Waals surface area contributed by atoms with Crippen LogP contribution in [0.3, 0.4) is 0 Å². The Morgan fingerprint density at radius 1 is 1.17 bits per heavy atom. The monoisotopic (exact) mass is 408 g/mol. The van der Waals surface area contributed by atoms with Gasteiger partial charge in [0.1, 0.15) is 23.2 Å². The zero-order chi connectivity index (χ0) is 20.1. The van der Waals surface area contributed by atoms with Crippen molar-refractivity contribution >= 4 is 28.7 Å². The number of thiazole rings is 1. The third kappa shape index (κ3) is 5.32. The molecule has 1 saturated heterocycles. The van der Waals surface area contributed by atoms with Gasteiger partial charge in [0.15, 0.2) is 0 Å². The summed E-state index contributed by atoms with van der Waals surface area (Å²) in [4.78, 5) is 23.6. The van der Waals surface area contributed by atoms with Gasteiger partial charge >= 0.3 is 0 Å². The smallest absolute Gasteiger partial charge is 0.230 e. The fraction of sp³-hybridized carbons (Fsp3) is 0.318. The number of carbonyl (C=O) groups excluding carboxylic acids is 1. The van der Waals surface area contributed by atoms with Crippen LogP contribution < -0.4 is 15.0 Å². The van der Waals surface area contributed by atoms with E-state index in [4.69, 9.17) is 4.74 Å². The molecule has 1 N–H and O–H groups in total. The van der Waals surface area contributed by atoms with Gasteiger partial charge in [-0.15, -0.1) is 11.3 Å². The van der Waals surface area contributed by atoms with Crippen LogP contribution in [0.25, 0.3) is 0 Å². The molecule has 4 rings (SSSR count). The molecule has 0 saturated carbocycles. The first kappa shape index (κ1) is 19.4. The highest BCUT2D eigenvalue weighted by Crippen LogP contribution is 2.20. The van der Waals surface area contributed by atoms with Gasteiger partial charge in [-0.05, 0) is 44.0 Å². The Morgan fingerprint density at radius 3 is 2.69 bits per heavy atom. The zero-order valence-electron chi connectivity index (χ0n) is 16.4. The lowest BCUT2D eigenvalue weighted by Crippen LogP contribution is -2.19. The second kappa shape index (κ2) is 9.05. The van der Waals surface area contributed by atoms with Gasteiger partial charge in [-0.3, -0.25) is 4.79 Å². The molecule has 0 atom stereocenters. The number of benzene rings is 1. The Balaban J connectivity index is 1.27. The topological polar surface area (TPSA) is 67.3 Å². The number of anilines is 2. The number of amides is 1. The molecule has 0 bridgehead atoms. The van der Waals surface area contributed by atoms with Crippen LogP contribution in [0.4, 0.5) is 11.5 Å². The first-order valence-corrected chi connectivity index (χ1v) is 10.7. The van der Waals surface area contributed by atoms with E-state index in [0.29, 0.717) is 12.3 Å². The lowest BCUT2D eigenvalue weighted by atomic mass is 10.2. The van der Waals surface area contributed by atoms with Crippen molar-refractivity contribution in [2.75, 3.05) is 23.3 Å². The molecule has 3 heterocycles. The SMILES string of the molecule is Cc1ccc(OCc2nc(CC(=O)Nc3ccc(N4CCCC4)nc3)cs2)cc1. The molecule has 1 aliphatic heterocycles. The van der Waals surface area contributed by atoms with Gasteiger partial charge in [0.05, 0.1) is 24.0 Å². The highest BCUT2D eigenvalue weighted by molar-refractivity contribution is 7.09. The molecule has 0 unspecified atom stereocenters. The Bertz CT molecular complexity index is 948. The maximum atomic E-state index is 12.3. The first-order valence-electron chi connectivity index (χ1n) is 9.79. The number of pyridine rings is 1. The summed E-state index contributed by atoms with van der Waals surface area (Å²) in [5.74, 6) is 1.69. The fourth-order valence-corrected chi connectivity index (χ4v) is 3.94. The van der Waals surface area contributed by atoms with Crippen LogP contribution in [-0.4, -0.2) is 29.0 Å². The third-order valence-electron chi connectivity index (χ3n) is 4.79. The minimum absolute atomic E-state index is 0.1000. The quantitative estimate of drug-likeness (QED) is 0.634. The summed E-state index contributed by atoms with van der Waals surface area (Å²) >= 11 is 1.50. The molecule has 1 aliphatic rings. The van der Waals surface area contributed by atoms with E-state index in [0.717, 1.165) is 35.4 Å². The van der Waals surface area contributed by atoms with E-state index in [1.165, 1.54) is 29.7 Å². The summed E-state index contributed by atoms with van der Waals surface area (Å²) in [7, 11) is 0. The summed E-state index contributed by atoms with van der Waals surface area (Å²) < 4.78 is 5.75. The van der Waals surface area contributed by atoms with E-state index in [-0.39, 0.29) is 12.3 Å². The number of nitrogens with zero attached hydrogens (tertiary/aromatic N) is 3. The largest absolute Gasteiger partial charge is 0.486 e. The molecule has 6 nitrogen and oxygen atoms in total. The maximum absolute atomic E-state index is 12.3. The molecular formula is C22H24N4O2S. The second-order valence-corrected chi connectivity index (χ2v) is 8.10. The van der Waals surface area contributed by atoms with Crippen LogP contribution in [0, 0.1) is 6.92 Å². The Kier molecular flexibility index (Phi) is 6.05. The third-order valence-corrected chi connectivity index (χ3v) is 5.66. The van der Waals surface area contributed by atoms with E-state index in [1.54, 1.807) is 6.20 Å². The molecule has 1 amide bonds. The van der Waals surface area contributed by atoms with Crippen LogP contribution in [0.2, 0.25) is 0 Å². The van der Waals surface area contributed by atoms with Crippen molar-refractivity contribution in [3.8, 4) is 5.75 Å². The minimum Gasteiger partial charge on any atom is -0.486 e. The van der Waals surface area contributed by atoms with Crippen molar-refractivity contribution in [3.05, 3.63) is 64.2 Å². The molecule has 2 aromatic heterocycles. The highest BCUT2D eigenvalue weighted by Gasteiger charge is 2.14. The molecule has 0 radical (unpaired) electrons. The fourth-order valence-electron chi connectivity index (χ4n) is 3.24. The molecule has 1 fully saturated rings. The van der Waals surface area contributed by atoms with Crippen molar-refractivity contribution in [2.24, 2.45) is 0 Å². The summed E-state index contributed by atoms with van der Waals surface area (Å²) in [5, 5.41) is 5.65.